The Morgan fingerprint density at radius 2 is 2.13 bits per heavy atom. The Morgan fingerprint density at radius 3 is 2.83 bits per heavy atom. The van der Waals surface area contributed by atoms with Crippen molar-refractivity contribution in [2.45, 2.75) is 19.0 Å². The molecule has 1 atom stereocenters. The zero-order valence-electron chi connectivity index (χ0n) is 13.3. The molecule has 1 saturated heterocycles. The van der Waals surface area contributed by atoms with Crippen LogP contribution in [-0.2, 0) is 20.9 Å². The fraction of sp³-hybridized carbons (Fsp3) is 0.500. The maximum atomic E-state index is 12.3. The molecule has 0 aromatic heterocycles. The van der Waals surface area contributed by atoms with Gasteiger partial charge in [-0.2, -0.15) is 0 Å². The van der Waals surface area contributed by atoms with Gasteiger partial charge < -0.3 is 20.3 Å². The third-order valence-corrected chi connectivity index (χ3v) is 3.67. The molecule has 23 heavy (non-hydrogen) atoms. The summed E-state index contributed by atoms with van der Waals surface area (Å²) in [6.07, 6.45) is 0.162. The normalized spacial score (nSPS) is 17.5. The van der Waals surface area contributed by atoms with E-state index in [0.717, 1.165) is 5.56 Å². The standard InChI is InChI=1S/C16H23N3O3.ClH/c1-22-10-9-19-8-7-17-14(16(19)21)11-15(20)18-12-13-5-3-2-4-6-13;/h2-6,14,17H,7-12H2,1H3,(H,18,20);1H. The molecule has 2 amide bonds. The van der Waals surface area contributed by atoms with Gasteiger partial charge in [0, 0.05) is 33.3 Å². The molecular weight excluding hydrogens is 318 g/mol. The molecule has 1 aliphatic heterocycles. The Morgan fingerprint density at radius 1 is 1.39 bits per heavy atom. The number of hydrogen-bond donors (Lipinski definition) is 2. The maximum Gasteiger partial charge on any atom is 0.240 e. The van der Waals surface area contributed by atoms with Gasteiger partial charge in [0.1, 0.15) is 0 Å². The molecule has 1 unspecified atom stereocenters. The number of hydrogen-bond acceptors (Lipinski definition) is 4. The summed E-state index contributed by atoms with van der Waals surface area (Å²) >= 11 is 0. The first-order valence-corrected chi connectivity index (χ1v) is 7.52. The zero-order chi connectivity index (χ0) is 15.8. The minimum Gasteiger partial charge on any atom is -0.383 e. The van der Waals surface area contributed by atoms with E-state index in [9.17, 15) is 9.59 Å². The molecule has 128 valence electrons. The van der Waals surface area contributed by atoms with E-state index in [1.165, 1.54) is 0 Å². The number of methoxy groups -OCH3 is 1. The summed E-state index contributed by atoms with van der Waals surface area (Å²) in [6, 6.07) is 9.27. The average molecular weight is 342 g/mol. The van der Waals surface area contributed by atoms with E-state index >= 15 is 0 Å². The summed E-state index contributed by atoms with van der Waals surface area (Å²) in [5.41, 5.74) is 1.04. The van der Waals surface area contributed by atoms with Crippen LogP contribution in [-0.4, -0.2) is 56.1 Å². The van der Waals surface area contributed by atoms with Gasteiger partial charge in [-0.1, -0.05) is 30.3 Å². The topological polar surface area (TPSA) is 70.7 Å². The quantitative estimate of drug-likeness (QED) is 0.760. The number of amides is 2. The Labute approximate surface area is 143 Å². The second-order valence-corrected chi connectivity index (χ2v) is 5.29. The van der Waals surface area contributed by atoms with Crippen LogP contribution < -0.4 is 10.6 Å². The predicted molar refractivity (Wildman–Crippen MR) is 90.4 cm³/mol. The van der Waals surface area contributed by atoms with E-state index in [1.54, 1.807) is 12.0 Å². The van der Waals surface area contributed by atoms with Crippen LogP contribution >= 0.6 is 12.4 Å². The van der Waals surface area contributed by atoms with Gasteiger partial charge >= 0.3 is 0 Å². The van der Waals surface area contributed by atoms with Crippen LogP contribution in [0, 0.1) is 0 Å². The van der Waals surface area contributed by atoms with E-state index in [2.05, 4.69) is 10.6 Å². The van der Waals surface area contributed by atoms with E-state index in [-0.39, 0.29) is 30.6 Å². The van der Waals surface area contributed by atoms with E-state index in [4.69, 9.17) is 4.74 Å². The third-order valence-electron chi connectivity index (χ3n) is 3.67. The fourth-order valence-electron chi connectivity index (χ4n) is 2.43. The lowest BCUT2D eigenvalue weighted by molar-refractivity contribution is -0.138. The van der Waals surface area contributed by atoms with Crippen LogP contribution in [0.3, 0.4) is 0 Å². The molecule has 1 aromatic carbocycles. The highest BCUT2D eigenvalue weighted by Gasteiger charge is 2.29. The molecule has 1 aliphatic rings. The summed E-state index contributed by atoms with van der Waals surface area (Å²) in [7, 11) is 1.61. The Hall–Kier alpha value is -1.63. The second-order valence-electron chi connectivity index (χ2n) is 5.29. The molecule has 1 heterocycles. The van der Waals surface area contributed by atoms with Crippen LogP contribution in [0.2, 0.25) is 0 Å². The fourth-order valence-corrected chi connectivity index (χ4v) is 2.43. The van der Waals surface area contributed by atoms with Crippen molar-refractivity contribution in [3.05, 3.63) is 35.9 Å². The Balaban J connectivity index is 0.00000264. The number of piperazine rings is 1. The van der Waals surface area contributed by atoms with Crippen molar-refractivity contribution in [3.63, 3.8) is 0 Å². The molecule has 1 aromatic rings. The van der Waals surface area contributed by atoms with Crippen molar-refractivity contribution in [2.75, 3.05) is 33.4 Å². The number of carbonyl (C=O) groups excluding carboxylic acids is 2. The minimum absolute atomic E-state index is 0. The van der Waals surface area contributed by atoms with Crippen LogP contribution in [0.1, 0.15) is 12.0 Å². The van der Waals surface area contributed by atoms with E-state index < -0.39 is 6.04 Å². The van der Waals surface area contributed by atoms with Crippen molar-refractivity contribution in [3.8, 4) is 0 Å². The first kappa shape index (κ1) is 19.4. The number of ether oxygens (including phenoxy) is 1. The summed E-state index contributed by atoms with van der Waals surface area (Å²) in [5, 5.41) is 5.96. The van der Waals surface area contributed by atoms with Crippen molar-refractivity contribution >= 4 is 24.2 Å². The molecule has 2 rings (SSSR count). The molecule has 0 radical (unpaired) electrons. The number of benzene rings is 1. The average Bonchev–Trinajstić information content (AvgIpc) is 2.55. The highest BCUT2D eigenvalue weighted by atomic mass is 35.5. The van der Waals surface area contributed by atoms with Crippen LogP contribution in [0.4, 0.5) is 0 Å². The molecule has 2 N–H and O–H groups in total. The lowest BCUT2D eigenvalue weighted by Gasteiger charge is -2.32. The molecule has 0 bridgehead atoms. The molecule has 7 heteroatoms. The molecular formula is C16H24ClN3O3. The summed E-state index contributed by atoms with van der Waals surface area (Å²) in [6.45, 7) is 2.92. The van der Waals surface area contributed by atoms with Gasteiger partial charge in [0.05, 0.1) is 19.1 Å². The lowest BCUT2D eigenvalue weighted by Crippen LogP contribution is -2.56. The smallest absolute Gasteiger partial charge is 0.240 e. The number of halogens is 1. The number of nitrogens with one attached hydrogen (secondary N) is 2. The monoisotopic (exact) mass is 341 g/mol. The van der Waals surface area contributed by atoms with Crippen molar-refractivity contribution in [1.29, 1.82) is 0 Å². The SMILES string of the molecule is COCCN1CCNC(CC(=O)NCc2ccccc2)C1=O.Cl. The van der Waals surface area contributed by atoms with Gasteiger partial charge in [0.25, 0.3) is 0 Å². The predicted octanol–water partition coefficient (Wildman–Crippen LogP) is 0.562. The zero-order valence-corrected chi connectivity index (χ0v) is 14.1. The molecule has 0 saturated carbocycles. The van der Waals surface area contributed by atoms with Crippen molar-refractivity contribution in [2.24, 2.45) is 0 Å². The number of nitrogens with zero attached hydrogens (tertiary/aromatic N) is 1. The number of rotatable bonds is 7. The van der Waals surface area contributed by atoms with Crippen molar-refractivity contribution in [1.82, 2.24) is 15.5 Å². The third kappa shape index (κ3) is 6.17. The molecule has 1 fully saturated rings. The Bertz CT molecular complexity index is 499. The summed E-state index contributed by atoms with van der Waals surface area (Å²) < 4.78 is 5.00. The molecule has 0 aliphatic carbocycles. The van der Waals surface area contributed by atoms with Gasteiger partial charge in [0.15, 0.2) is 0 Å². The summed E-state index contributed by atoms with van der Waals surface area (Å²) in [4.78, 5) is 26.0. The maximum absolute atomic E-state index is 12.3. The number of carbonyl (C=O) groups is 2. The second kappa shape index (κ2) is 10.2. The minimum atomic E-state index is -0.443. The van der Waals surface area contributed by atoms with Crippen LogP contribution in [0.15, 0.2) is 30.3 Å². The summed E-state index contributed by atoms with van der Waals surface area (Å²) in [5.74, 6) is -0.151. The molecule has 0 spiro atoms. The first-order valence-electron chi connectivity index (χ1n) is 7.52. The van der Waals surface area contributed by atoms with E-state index in [1.807, 2.05) is 30.3 Å². The molecule has 6 nitrogen and oxygen atoms in total. The highest BCUT2D eigenvalue weighted by Crippen LogP contribution is 2.05. The highest BCUT2D eigenvalue weighted by molar-refractivity contribution is 5.88. The Kier molecular flexibility index (Phi) is 8.61. The van der Waals surface area contributed by atoms with Gasteiger partial charge in [0.2, 0.25) is 11.8 Å². The van der Waals surface area contributed by atoms with Gasteiger partial charge in [-0.05, 0) is 5.56 Å². The first-order chi connectivity index (χ1) is 10.7. The largest absolute Gasteiger partial charge is 0.383 e. The van der Waals surface area contributed by atoms with Gasteiger partial charge in [-0.3, -0.25) is 9.59 Å². The lowest BCUT2D eigenvalue weighted by atomic mass is 10.1. The van der Waals surface area contributed by atoms with Gasteiger partial charge in [-0.15, -0.1) is 12.4 Å². The van der Waals surface area contributed by atoms with Gasteiger partial charge in [-0.25, -0.2) is 0 Å². The van der Waals surface area contributed by atoms with Crippen LogP contribution in [0.25, 0.3) is 0 Å². The van der Waals surface area contributed by atoms with Crippen LogP contribution in [0.5, 0.6) is 0 Å². The van der Waals surface area contributed by atoms with E-state index in [0.29, 0.717) is 32.8 Å². The van der Waals surface area contributed by atoms with Crippen molar-refractivity contribution < 1.29 is 14.3 Å².